The molecule has 230 valence electrons. The number of hydrogen-bond donors (Lipinski definition) is 3. The monoisotopic (exact) mass is 581 g/mol. The summed E-state index contributed by atoms with van der Waals surface area (Å²) in [6.07, 6.45) is 14.1. The molecule has 1 amide bonds. The molecule has 0 saturated heterocycles. The van der Waals surface area contributed by atoms with Crippen LogP contribution in [0.25, 0.3) is 0 Å². The van der Waals surface area contributed by atoms with E-state index in [1.54, 1.807) is 4.90 Å². The van der Waals surface area contributed by atoms with Gasteiger partial charge in [0.25, 0.3) is 10.1 Å². The molecule has 0 aliphatic heterocycles. The molecule has 0 bridgehead atoms. The SMILES string of the molecule is C[C@H](CCC(=O)N(CCS(=O)(=O)O)C1CCCCC1)[C@H]1CC[C@H]2[C@@H]3[C@@H](O)C[C@@H]4C[C@H](O)CC[C@]4(C)[C@H]3CC[C@]12C. The largest absolute Gasteiger partial charge is 0.393 e. The number of aliphatic hydroxyl groups is 2. The highest BCUT2D eigenvalue weighted by molar-refractivity contribution is 7.85. The van der Waals surface area contributed by atoms with E-state index in [0.29, 0.717) is 41.9 Å². The number of aliphatic hydroxyl groups excluding tert-OH is 2. The highest BCUT2D eigenvalue weighted by Gasteiger charge is 2.62. The summed E-state index contributed by atoms with van der Waals surface area (Å²) in [5.74, 6) is 2.38. The molecule has 0 aromatic heterocycles. The molecule has 5 rings (SSSR count). The quantitative estimate of drug-likeness (QED) is 0.329. The van der Waals surface area contributed by atoms with Crippen LogP contribution in [-0.4, -0.2) is 64.5 Å². The highest BCUT2D eigenvalue weighted by Crippen LogP contribution is 2.68. The van der Waals surface area contributed by atoms with Crippen LogP contribution in [-0.2, 0) is 14.9 Å². The van der Waals surface area contributed by atoms with Gasteiger partial charge in [0.2, 0.25) is 5.91 Å². The Balaban J connectivity index is 1.24. The fourth-order valence-corrected chi connectivity index (χ4v) is 11.4. The Morgan fingerprint density at radius 1 is 0.925 bits per heavy atom. The first kappa shape index (κ1) is 30.7. The second-order valence-corrected chi connectivity index (χ2v) is 16.7. The second-order valence-electron chi connectivity index (χ2n) is 15.1. The third-order valence-electron chi connectivity index (χ3n) is 13.2. The van der Waals surface area contributed by atoms with Gasteiger partial charge in [0.1, 0.15) is 0 Å². The van der Waals surface area contributed by atoms with Crippen LogP contribution in [0.1, 0.15) is 117 Å². The van der Waals surface area contributed by atoms with E-state index < -0.39 is 15.9 Å². The van der Waals surface area contributed by atoms with Crippen LogP contribution >= 0.6 is 0 Å². The lowest BCUT2D eigenvalue weighted by Gasteiger charge is -2.62. The van der Waals surface area contributed by atoms with Crippen molar-refractivity contribution in [2.45, 2.75) is 135 Å². The lowest BCUT2D eigenvalue weighted by Crippen LogP contribution is -2.58. The van der Waals surface area contributed by atoms with Gasteiger partial charge in [-0.2, -0.15) is 8.42 Å². The number of carbonyl (C=O) groups is 1. The van der Waals surface area contributed by atoms with Crippen molar-refractivity contribution in [1.29, 1.82) is 0 Å². The zero-order valence-corrected chi connectivity index (χ0v) is 26.0. The van der Waals surface area contributed by atoms with Crippen molar-refractivity contribution in [3.63, 3.8) is 0 Å². The van der Waals surface area contributed by atoms with Crippen molar-refractivity contribution >= 4 is 16.0 Å². The van der Waals surface area contributed by atoms with Gasteiger partial charge in [-0.25, -0.2) is 0 Å². The summed E-state index contributed by atoms with van der Waals surface area (Å²) in [7, 11) is -4.11. The van der Waals surface area contributed by atoms with E-state index in [2.05, 4.69) is 20.8 Å². The molecular formula is C32H55NO6S. The van der Waals surface area contributed by atoms with Gasteiger partial charge in [-0.05, 0) is 117 Å². The van der Waals surface area contributed by atoms with E-state index in [1.807, 2.05) is 0 Å². The van der Waals surface area contributed by atoms with Gasteiger partial charge < -0.3 is 15.1 Å². The van der Waals surface area contributed by atoms with Crippen LogP contribution in [0.5, 0.6) is 0 Å². The maximum absolute atomic E-state index is 13.5. The zero-order chi connectivity index (χ0) is 28.9. The highest BCUT2D eigenvalue weighted by atomic mass is 32.2. The van der Waals surface area contributed by atoms with Crippen LogP contribution in [0, 0.1) is 46.3 Å². The molecule has 5 saturated carbocycles. The van der Waals surface area contributed by atoms with E-state index in [9.17, 15) is 28.0 Å². The van der Waals surface area contributed by atoms with Crippen molar-refractivity contribution in [3.8, 4) is 0 Å². The van der Waals surface area contributed by atoms with Gasteiger partial charge in [-0.3, -0.25) is 9.35 Å². The van der Waals surface area contributed by atoms with Crippen molar-refractivity contribution in [2.75, 3.05) is 12.3 Å². The van der Waals surface area contributed by atoms with Gasteiger partial charge in [0.05, 0.1) is 18.0 Å². The topological polar surface area (TPSA) is 115 Å². The number of fused-ring (bicyclic) bond motifs is 5. The van der Waals surface area contributed by atoms with E-state index in [4.69, 9.17) is 0 Å². The van der Waals surface area contributed by atoms with Crippen LogP contribution in [0.2, 0.25) is 0 Å². The minimum absolute atomic E-state index is 0.0342. The van der Waals surface area contributed by atoms with Crippen molar-refractivity contribution in [3.05, 3.63) is 0 Å². The molecule has 10 atom stereocenters. The molecule has 8 heteroatoms. The minimum Gasteiger partial charge on any atom is -0.393 e. The van der Waals surface area contributed by atoms with Crippen molar-refractivity contribution in [1.82, 2.24) is 4.90 Å². The summed E-state index contributed by atoms with van der Waals surface area (Å²) >= 11 is 0. The maximum atomic E-state index is 13.5. The fraction of sp³-hybridized carbons (Fsp3) is 0.969. The molecule has 5 aliphatic rings. The van der Waals surface area contributed by atoms with Gasteiger partial charge in [-0.1, -0.05) is 40.0 Å². The van der Waals surface area contributed by atoms with Gasteiger partial charge in [-0.15, -0.1) is 0 Å². The normalized spacial score (nSPS) is 42.9. The molecule has 0 radical (unpaired) electrons. The van der Waals surface area contributed by atoms with Crippen LogP contribution in [0.15, 0.2) is 0 Å². The number of hydrogen-bond acceptors (Lipinski definition) is 5. The summed E-state index contributed by atoms with van der Waals surface area (Å²) in [5.41, 5.74) is 0.404. The minimum atomic E-state index is -4.11. The zero-order valence-electron chi connectivity index (χ0n) is 25.1. The molecule has 0 aromatic rings. The standard InChI is InChI=1S/C32H55NO6S/c1-21(9-12-29(36)33(17-18-40(37,38)39)23-7-5-4-6-8-23)25-10-11-26-30-27(14-16-32(25,26)3)31(2)15-13-24(34)19-22(31)20-28(30)35/h21-28,30,34-35H,4-20H2,1-3H3,(H,37,38,39)/t21-,22+,24-,25-,26+,27+,28+,30+,31+,32-/m1/s1. The molecule has 3 N–H and O–H groups in total. The Morgan fingerprint density at radius 2 is 1.60 bits per heavy atom. The Bertz CT molecular complexity index is 1010. The molecule has 0 aromatic carbocycles. The third-order valence-corrected chi connectivity index (χ3v) is 13.9. The Labute approximate surface area is 242 Å². The number of rotatable bonds is 8. The number of nitrogens with zero attached hydrogens (tertiary/aromatic N) is 1. The van der Waals surface area contributed by atoms with Crippen LogP contribution in [0.4, 0.5) is 0 Å². The molecule has 40 heavy (non-hydrogen) atoms. The molecule has 5 fully saturated rings. The molecule has 0 heterocycles. The molecule has 0 unspecified atom stereocenters. The van der Waals surface area contributed by atoms with E-state index >= 15 is 0 Å². The van der Waals surface area contributed by atoms with E-state index in [-0.39, 0.29) is 41.5 Å². The molecular weight excluding hydrogens is 526 g/mol. The summed E-state index contributed by atoms with van der Waals surface area (Å²) in [6, 6.07) is 0.0841. The predicted octanol–water partition coefficient (Wildman–Crippen LogP) is 5.44. The lowest BCUT2D eigenvalue weighted by atomic mass is 9.43. The number of amides is 1. The van der Waals surface area contributed by atoms with Crippen LogP contribution in [0.3, 0.4) is 0 Å². The smallest absolute Gasteiger partial charge is 0.266 e. The predicted molar refractivity (Wildman–Crippen MR) is 156 cm³/mol. The first-order valence-electron chi connectivity index (χ1n) is 16.4. The van der Waals surface area contributed by atoms with Gasteiger partial charge in [0, 0.05) is 19.0 Å². The second kappa shape index (κ2) is 11.8. The average Bonchev–Trinajstić information content (AvgIpc) is 3.25. The van der Waals surface area contributed by atoms with E-state index in [0.717, 1.165) is 83.5 Å². The Hall–Kier alpha value is -0.700. The first-order chi connectivity index (χ1) is 18.8. The number of carbonyl (C=O) groups excluding carboxylic acids is 1. The summed E-state index contributed by atoms with van der Waals surface area (Å²) in [5, 5.41) is 21.9. The third kappa shape index (κ3) is 5.90. The summed E-state index contributed by atoms with van der Waals surface area (Å²) < 4.78 is 32.3. The Kier molecular flexibility index (Phi) is 9.04. The van der Waals surface area contributed by atoms with Crippen LogP contribution < -0.4 is 0 Å². The average molecular weight is 582 g/mol. The first-order valence-corrected chi connectivity index (χ1v) is 18.0. The molecule has 5 aliphatic carbocycles. The van der Waals surface area contributed by atoms with E-state index in [1.165, 1.54) is 6.42 Å². The Morgan fingerprint density at radius 3 is 2.30 bits per heavy atom. The fourth-order valence-electron chi connectivity index (χ4n) is 11.0. The van der Waals surface area contributed by atoms with Crippen molar-refractivity contribution in [2.24, 2.45) is 46.3 Å². The molecule has 0 spiro atoms. The maximum Gasteiger partial charge on any atom is 0.266 e. The lowest BCUT2D eigenvalue weighted by molar-refractivity contribution is -0.174. The van der Waals surface area contributed by atoms with Crippen molar-refractivity contribution < 1.29 is 28.0 Å². The summed E-state index contributed by atoms with van der Waals surface area (Å²) in [4.78, 5) is 15.2. The molecule has 7 nitrogen and oxygen atoms in total. The summed E-state index contributed by atoms with van der Waals surface area (Å²) in [6.45, 7) is 7.31. The van der Waals surface area contributed by atoms with Gasteiger partial charge >= 0.3 is 0 Å². The van der Waals surface area contributed by atoms with Gasteiger partial charge in [0.15, 0.2) is 0 Å².